The maximum Gasteiger partial charge on any atom is 0.271 e. The van der Waals surface area contributed by atoms with E-state index in [2.05, 4.69) is 35.7 Å². The Labute approximate surface area is 405 Å². The molecule has 0 spiro atoms. The first-order valence-corrected chi connectivity index (χ1v) is 22.3. The number of rotatable bonds is 10. The minimum absolute atomic E-state index is 0.0275. The molecular weight excluding hydrogens is 930 g/mol. The van der Waals surface area contributed by atoms with Crippen LogP contribution in [0.5, 0.6) is 11.5 Å². The van der Waals surface area contributed by atoms with Crippen molar-refractivity contribution in [2.75, 3.05) is 17.3 Å². The van der Waals surface area contributed by atoms with Gasteiger partial charge < -0.3 is 30.4 Å². The molecule has 0 saturated carbocycles. The Morgan fingerprint density at radius 2 is 1.17 bits per heavy atom. The van der Waals surface area contributed by atoms with Gasteiger partial charge in [0.2, 0.25) is 0 Å². The molecule has 0 bridgehead atoms. The number of fused-ring (bicyclic) bond motifs is 10. The van der Waals surface area contributed by atoms with Gasteiger partial charge in [0.1, 0.15) is 11.4 Å². The third-order valence-electron chi connectivity index (χ3n) is 12.3. The first-order valence-electron chi connectivity index (χ1n) is 21.5. The number of benzene rings is 9. The van der Waals surface area contributed by atoms with E-state index in [9.17, 15) is 29.9 Å². The van der Waals surface area contributed by atoms with Crippen LogP contribution >= 0.6 is 23.2 Å². The van der Waals surface area contributed by atoms with Gasteiger partial charge in [-0.05, 0) is 114 Å². The smallest absolute Gasteiger partial charge is 0.271 e. The van der Waals surface area contributed by atoms with Gasteiger partial charge >= 0.3 is 0 Å². The SMILES string of the molecule is CN(c1ccc(N=Nc2c(O)c(C=O)cc3ccc4c5cc(Cl)ccc5[nH]c4c23)cc1)c1ccc(N=Nc2c(O)c(C(=O)Nc3cccc([N+](=O)[O-])c3)cc3ccc4c5cc(Cl)ccc5[nH]c4c23)cc1. The van der Waals surface area contributed by atoms with Crippen molar-refractivity contribution in [3.63, 3.8) is 0 Å². The van der Waals surface area contributed by atoms with Gasteiger partial charge in [0.05, 0.1) is 38.5 Å². The molecule has 2 aromatic heterocycles. The molecule has 0 atom stereocenters. The Bertz CT molecular complexity index is 4080. The molecule has 0 radical (unpaired) electrons. The Balaban J connectivity index is 0.886. The van der Waals surface area contributed by atoms with Crippen LogP contribution < -0.4 is 10.2 Å². The molecule has 0 aliphatic carbocycles. The normalized spacial score (nSPS) is 11.9. The summed E-state index contributed by atoms with van der Waals surface area (Å²) in [5, 5.41) is 62.1. The largest absolute Gasteiger partial charge is 0.505 e. The van der Waals surface area contributed by atoms with Gasteiger partial charge in [0.15, 0.2) is 17.8 Å². The number of amides is 1. The Morgan fingerprint density at radius 1 is 0.643 bits per heavy atom. The van der Waals surface area contributed by atoms with E-state index in [4.69, 9.17) is 23.2 Å². The molecule has 2 heterocycles. The number of phenolic OH excluding ortho intramolecular Hbond substituents is 2. The molecule has 11 aromatic rings. The molecule has 340 valence electrons. The number of aromatic amines is 2. The van der Waals surface area contributed by atoms with E-state index in [0.717, 1.165) is 49.5 Å². The lowest BCUT2D eigenvalue weighted by Gasteiger charge is -2.19. The molecule has 9 aromatic carbocycles. The Kier molecular flexibility index (Phi) is 10.6. The predicted octanol–water partition coefficient (Wildman–Crippen LogP) is 15.6. The second-order valence-corrected chi connectivity index (χ2v) is 17.3. The first kappa shape index (κ1) is 43.4. The number of aldehydes is 1. The maximum absolute atomic E-state index is 13.7. The number of carbonyl (C=O) groups is 2. The van der Waals surface area contributed by atoms with E-state index in [-0.39, 0.29) is 39.6 Å². The van der Waals surface area contributed by atoms with E-state index in [1.165, 1.54) is 30.3 Å². The fourth-order valence-corrected chi connectivity index (χ4v) is 9.17. The number of azo groups is 2. The molecule has 70 heavy (non-hydrogen) atoms. The summed E-state index contributed by atoms with van der Waals surface area (Å²) in [7, 11) is 1.90. The third kappa shape index (κ3) is 7.60. The predicted molar refractivity (Wildman–Crippen MR) is 276 cm³/mol. The fraction of sp³-hybridized carbons (Fsp3) is 0.0189. The molecule has 1 amide bonds. The number of nitrogens with one attached hydrogen (secondary N) is 3. The van der Waals surface area contributed by atoms with Crippen LogP contribution in [0.1, 0.15) is 20.7 Å². The number of H-pyrrole nitrogens is 2. The highest BCUT2D eigenvalue weighted by Crippen LogP contribution is 2.46. The number of nitro benzene ring substituents is 1. The number of nitro groups is 1. The molecule has 0 saturated heterocycles. The maximum atomic E-state index is 13.7. The summed E-state index contributed by atoms with van der Waals surface area (Å²) in [6.45, 7) is 0. The third-order valence-corrected chi connectivity index (χ3v) is 12.8. The van der Waals surface area contributed by atoms with Crippen LogP contribution in [0.2, 0.25) is 10.0 Å². The number of anilines is 3. The van der Waals surface area contributed by atoms with Crippen molar-refractivity contribution in [2.45, 2.75) is 0 Å². The number of aromatic nitrogens is 2. The summed E-state index contributed by atoms with van der Waals surface area (Å²) in [4.78, 5) is 45.4. The van der Waals surface area contributed by atoms with Crippen molar-refractivity contribution in [1.82, 2.24) is 9.97 Å². The number of halogens is 2. The Hall–Kier alpha value is -9.18. The van der Waals surface area contributed by atoms with Crippen molar-refractivity contribution in [3.8, 4) is 11.5 Å². The molecular formula is C53H33Cl2N9O6. The summed E-state index contributed by atoms with van der Waals surface area (Å²) in [6, 6.07) is 41.7. The molecule has 5 N–H and O–H groups in total. The number of non-ortho nitro benzene ring substituents is 1. The highest BCUT2D eigenvalue weighted by Gasteiger charge is 2.23. The molecule has 15 nitrogen and oxygen atoms in total. The molecule has 0 unspecified atom stereocenters. The fourth-order valence-electron chi connectivity index (χ4n) is 8.83. The van der Waals surface area contributed by atoms with Gasteiger partial charge in [0, 0.05) is 89.6 Å². The summed E-state index contributed by atoms with van der Waals surface area (Å²) >= 11 is 12.7. The summed E-state index contributed by atoms with van der Waals surface area (Å²) in [5.41, 5.74) is 5.72. The Morgan fingerprint density at radius 3 is 1.70 bits per heavy atom. The number of hydrogen-bond donors (Lipinski definition) is 5. The van der Waals surface area contributed by atoms with Gasteiger partial charge in [-0.15, -0.1) is 10.2 Å². The van der Waals surface area contributed by atoms with Crippen LogP contribution in [0.15, 0.2) is 166 Å². The van der Waals surface area contributed by atoms with E-state index in [1.54, 1.807) is 42.5 Å². The quantitative estimate of drug-likeness (QED) is 0.0386. The number of phenols is 2. The molecule has 0 aliphatic rings. The highest BCUT2D eigenvalue weighted by atomic mass is 35.5. The highest BCUT2D eigenvalue weighted by molar-refractivity contribution is 6.33. The monoisotopic (exact) mass is 961 g/mol. The van der Waals surface area contributed by atoms with Crippen molar-refractivity contribution < 1.29 is 24.7 Å². The second kappa shape index (κ2) is 17.2. The van der Waals surface area contributed by atoms with Crippen molar-refractivity contribution in [1.29, 1.82) is 0 Å². The molecule has 0 aliphatic heterocycles. The first-order chi connectivity index (χ1) is 33.9. The van der Waals surface area contributed by atoms with Crippen LogP contribution in [-0.4, -0.2) is 44.3 Å². The number of hydrogen-bond acceptors (Lipinski definition) is 11. The van der Waals surface area contributed by atoms with Crippen LogP contribution in [-0.2, 0) is 0 Å². The molecule has 17 heteroatoms. The lowest BCUT2D eigenvalue weighted by atomic mass is 10.00. The standard InChI is InChI=1S/C53H33Cl2N9O6/c1-63(35-13-9-32(10-14-35)59-61-49-45-27(21-29(26-65)51(49)66)5-17-38-40-23-30(54)7-19-43(40)57-47(38)45)36-15-11-33(12-16-36)60-62-50-46-28(6-18-39-41-24-31(55)8-20-44(41)58-48(39)46)22-42(52(50)67)53(68)56-34-3-2-4-37(25-34)64(69)70/h2-26,57-58,66-67H,1H3,(H,56,68). The van der Waals surface area contributed by atoms with E-state index in [0.29, 0.717) is 54.8 Å². The summed E-state index contributed by atoms with van der Waals surface area (Å²) in [6.07, 6.45) is 0.587. The van der Waals surface area contributed by atoms with E-state index in [1.807, 2.05) is 84.7 Å². The number of carbonyl (C=O) groups excluding carboxylic acids is 2. The van der Waals surface area contributed by atoms with Crippen LogP contribution in [0.3, 0.4) is 0 Å². The number of aromatic hydroxyl groups is 2. The zero-order valence-electron chi connectivity index (χ0n) is 36.4. The van der Waals surface area contributed by atoms with Gasteiger partial charge in [-0.1, -0.05) is 53.5 Å². The van der Waals surface area contributed by atoms with Gasteiger partial charge in [0.25, 0.3) is 11.6 Å². The van der Waals surface area contributed by atoms with Gasteiger partial charge in [-0.2, -0.15) is 10.2 Å². The zero-order valence-corrected chi connectivity index (χ0v) is 37.9. The lowest BCUT2D eigenvalue weighted by molar-refractivity contribution is -0.384. The minimum atomic E-state index is -0.709. The van der Waals surface area contributed by atoms with E-state index < -0.39 is 16.6 Å². The van der Waals surface area contributed by atoms with Crippen molar-refractivity contribution in [3.05, 3.63) is 177 Å². The van der Waals surface area contributed by atoms with Crippen LogP contribution in [0.25, 0.3) is 65.2 Å². The molecule has 11 rings (SSSR count). The van der Waals surface area contributed by atoms with E-state index >= 15 is 0 Å². The summed E-state index contributed by atoms with van der Waals surface area (Å²) < 4.78 is 0. The van der Waals surface area contributed by atoms with Gasteiger partial charge in [-0.25, -0.2) is 0 Å². The van der Waals surface area contributed by atoms with Crippen molar-refractivity contribution in [2.24, 2.45) is 20.5 Å². The molecule has 0 fully saturated rings. The second-order valence-electron chi connectivity index (χ2n) is 16.5. The van der Waals surface area contributed by atoms with Gasteiger partial charge in [-0.3, -0.25) is 19.7 Å². The van der Waals surface area contributed by atoms with Crippen LogP contribution in [0, 0.1) is 10.1 Å². The topological polar surface area (TPSA) is 214 Å². The average molecular weight is 963 g/mol. The number of nitrogens with zero attached hydrogens (tertiary/aromatic N) is 6. The van der Waals surface area contributed by atoms with Crippen molar-refractivity contribution >= 4 is 146 Å². The van der Waals surface area contributed by atoms with Crippen LogP contribution in [0.4, 0.5) is 45.5 Å². The summed E-state index contributed by atoms with van der Waals surface area (Å²) in [5.74, 6) is -1.44. The minimum Gasteiger partial charge on any atom is -0.505 e. The lowest BCUT2D eigenvalue weighted by Crippen LogP contribution is -2.12. The average Bonchev–Trinajstić information content (AvgIpc) is 3.93. The zero-order chi connectivity index (χ0) is 48.4.